The summed E-state index contributed by atoms with van der Waals surface area (Å²) in [4.78, 5) is 0. The zero-order valence-corrected chi connectivity index (χ0v) is 22.0. The van der Waals surface area contributed by atoms with Gasteiger partial charge in [0, 0.05) is 38.3 Å². The van der Waals surface area contributed by atoms with Crippen molar-refractivity contribution >= 4 is 70.9 Å². The molecule has 0 fully saturated rings. The molecule has 0 saturated heterocycles. The highest BCUT2D eigenvalue weighted by molar-refractivity contribution is 6.35. The van der Waals surface area contributed by atoms with E-state index in [2.05, 4.69) is 143 Å². The molecule has 9 rings (SSSR count). The van der Waals surface area contributed by atoms with Gasteiger partial charge in [-0.25, -0.2) is 0 Å². The van der Waals surface area contributed by atoms with Gasteiger partial charge in [-0.1, -0.05) is 109 Å². The van der Waals surface area contributed by atoms with Crippen LogP contribution in [0.15, 0.2) is 133 Å². The molecule has 0 saturated carbocycles. The average molecular weight is 511 g/mol. The summed E-state index contributed by atoms with van der Waals surface area (Å²) >= 11 is 0. The van der Waals surface area contributed by atoms with Crippen LogP contribution in [-0.2, 0) is 0 Å². The molecule has 0 unspecified atom stereocenters. The molecule has 0 spiro atoms. The highest BCUT2D eigenvalue weighted by Gasteiger charge is 2.24. The van der Waals surface area contributed by atoms with Crippen LogP contribution in [0.2, 0.25) is 0 Å². The van der Waals surface area contributed by atoms with Gasteiger partial charge in [-0.3, -0.25) is 0 Å². The number of benzene rings is 6. The van der Waals surface area contributed by atoms with Crippen LogP contribution in [0.5, 0.6) is 0 Å². The number of nitrogens with zero attached hydrogens (tertiary/aromatic N) is 2. The SMILES string of the molecule is C1=CCCC(n2c3ccccc3c3ccc4c5c6ccccc6c6ccccc6c5n(-c5ccccc5)c4c32)=C1. The van der Waals surface area contributed by atoms with Crippen molar-refractivity contribution in [1.82, 2.24) is 9.13 Å². The second-order valence-corrected chi connectivity index (χ2v) is 10.8. The lowest BCUT2D eigenvalue weighted by Crippen LogP contribution is -2.01. The fourth-order valence-electron chi connectivity index (χ4n) is 7.12. The summed E-state index contributed by atoms with van der Waals surface area (Å²) in [5, 5.41) is 10.4. The molecule has 2 nitrogen and oxygen atoms in total. The van der Waals surface area contributed by atoms with Gasteiger partial charge in [-0.15, -0.1) is 0 Å². The van der Waals surface area contributed by atoms with Gasteiger partial charge in [0.1, 0.15) is 0 Å². The Bertz CT molecular complexity index is 2360. The van der Waals surface area contributed by atoms with E-state index in [1.807, 2.05) is 0 Å². The summed E-state index contributed by atoms with van der Waals surface area (Å²) in [6.45, 7) is 0. The molecule has 2 aromatic heterocycles. The monoisotopic (exact) mass is 510 g/mol. The Morgan fingerprint density at radius 2 is 1.05 bits per heavy atom. The van der Waals surface area contributed by atoms with Gasteiger partial charge in [0.25, 0.3) is 0 Å². The van der Waals surface area contributed by atoms with E-state index in [0.717, 1.165) is 12.8 Å². The number of para-hydroxylation sites is 2. The number of rotatable bonds is 2. The van der Waals surface area contributed by atoms with Crippen molar-refractivity contribution in [3.05, 3.63) is 133 Å². The smallest absolute Gasteiger partial charge is 0.0789 e. The summed E-state index contributed by atoms with van der Waals surface area (Å²) in [5.74, 6) is 0. The van der Waals surface area contributed by atoms with Gasteiger partial charge in [-0.2, -0.15) is 0 Å². The number of hydrogen-bond acceptors (Lipinski definition) is 0. The summed E-state index contributed by atoms with van der Waals surface area (Å²) in [6.07, 6.45) is 8.87. The van der Waals surface area contributed by atoms with Crippen LogP contribution in [0.1, 0.15) is 12.8 Å². The minimum Gasteiger partial charge on any atom is -0.311 e. The Kier molecular flexibility index (Phi) is 4.48. The molecule has 8 aromatic rings. The highest BCUT2D eigenvalue weighted by atomic mass is 15.0. The maximum absolute atomic E-state index is 2.54. The minimum atomic E-state index is 1.03. The Morgan fingerprint density at radius 3 is 1.82 bits per heavy atom. The number of hydrogen-bond donors (Lipinski definition) is 0. The molecule has 0 amide bonds. The van der Waals surface area contributed by atoms with Crippen molar-refractivity contribution in [3.63, 3.8) is 0 Å². The molecule has 0 N–H and O–H groups in total. The van der Waals surface area contributed by atoms with E-state index in [1.54, 1.807) is 0 Å². The molecular weight excluding hydrogens is 484 g/mol. The van der Waals surface area contributed by atoms with Gasteiger partial charge in [0.2, 0.25) is 0 Å². The van der Waals surface area contributed by atoms with E-state index in [9.17, 15) is 0 Å². The third kappa shape index (κ3) is 2.83. The van der Waals surface area contributed by atoms with Crippen LogP contribution in [-0.4, -0.2) is 9.13 Å². The molecule has 0 bridgehead atoms. The van der Waals surface area contributed by atoms with Crippen molar-refractivity contribution in [2.75, 3.05) is 0 Å². The van der Waals surface area contributed by atoms with Crippen LogP contribution in [0.25, 0.3) is 76.5 Å². The number of aromatic nitrogens is 2. The zero-order chi connectivity index (χ0) is 26.2. The van der Waals surface area contributed by atoms with Crippen LogP contribution in [0, 0.1) is 0 Å². The molecule has 1 aliphatic rings. The summed E-state index contributed by atoms with van der Waals surface area (Å²) in [5.41, 5.74) is 7.63. The van der Waals surface area contributed by atoms with E-state index in [1.165, 1.54) is 76.5 Å². The first-order chi connectivity index (χ1) is 19.9. The van der Waals surface area contributed by atoms with E-state index < -0.39 is 0 Å². The maximum atomic E-state index is 2.54. The lowest BCUT2D eigenvalue weighted by Gasteiger charge is -2.16. The Morgan fingerprint density at radius 1 is 0.450 bits per heavy atom. The first-order valence-electron chi connectivity index (χ1n) is 14.1. The zero-order valence-electron chi connectivity index (χ0n) is 22.0. The standard InChI is InChI=1S/C38H26N2/c1-3-13-25(14-4-1)39-34-22-12-11-19-29(34)32-23-24-33-35-30-20-9-7-17-27(30)28-18-8-10-21-31(28)36(35)40(38(33)37(32)39)26-15-5-2-6-16-26/h1-3,5-13,15-24H,4,14H2. The fraction of sp³-hybridized carbons (Fsp3) is 0.0526. The predicted molar refractivity (Wildman–Crippen MR) is 171 cm³/mol. The van der Waals surface area contributed by atoms with E-state index in [-0.39, 0.29) is 0 Å². The molecule has 40 heavy (non-hydrogen) atoms. The molecule has 2 heterocycles. The Hall–Kier alpha value is -5.08. The van der Waals surface area contributed by atoms with Crippen LogP contribution in [0.4, 0.5) is 0 Å². The highest BCUT2D eigenvalue weighted by Crippen LogP contribution is 2.46. The predicted octanol–water partition coefficient (Wildman–Crippen LogP) is 10.4. The van der Waals surface area contributed by atoms with E-state index in [4.69, 9.17) is 0 Å². The first kappa shape index (κ1) is 21.8. The second kappa shape index (κ2) is 8.21. The summed E-state index contributed by atoms with van der Waals surface area (Å²) in [6, 6.07) is 42.3. The van der Waals surface area contributed by atoms with E-state index >= 15 is 0 Å². The average Bonchev–Trinajstić information content (AvgIpc) is 3.56. The molecule has 0 aliphatic heterocycles. The van der Waals surface area contributed by atoms with Crippen molar-refractivity contribution in [1.29, 1.82) is 0 Å². The van der Waals surface area contributed by atoms with Gasteiger partial charge < -0.3 is 9.13 Å². The summed E-state index contributed by atoms with van der Waals surface area (Å²) < 4.78 is 5.08. The van der Waals surface area contributed by atoms with Gasteiger partial charge >= 0.3 is 0 Å². The van der Waals surface area contributed by atoms with Gasteiger partial charge in [0.05, 0.1) is 22.1 Å². The number of allylic oxidation sites excluding steroid dienone is 4. The minimum absolute atomic E-state index is 1.03. The molecule has 188 valence electrons. The lowest BCUT2D eigenvalue weighted by atomic mass is 9.96. The van der Waals surface area contributed by atoms with Crippen molar-refractivity contribution in [2.24, 2.45) is 0 Å². The van der Waals surface area contributed by atoms with Gasteiger partial charge in [0.15, 0.2) is 0 Å². The largest absolute Gasteiger partial charge is 0.311 e. The van der Waals surface area contributed by atoms with Crippen molar-refractivity contribution in [2.45, 2.75) is 12.8 Å². The molecule has 0 radical (unpaired) electrons. The van der Waals surface area contributed by atoms with Gasteiger partial charge in [-0.05, 0) is 53.3 Å². The Labute approximate surface area is 231 Å². The number of fused-ring (bicyclic) bond motifs is 12. The lowest BCUT2D eigenvalue weighted by molar-refractivity contribution is 0.979. The van der Waals surface area contributed by atoms with Crippen LogP contribution >= 0.6 is 0 Å². The quantitative estimate of drug-likeness (QED) is 0.205. The molecule has 2 heteroatoms. The molecule has 1 aliphatic carbocycles. The summed E-state index contributed by atoms with van der Waals surface area (Å²) in [7, 11) is 0. The van der Waals surface area contributed by atoms with Crippen LogP contribution < -0.4 is 0 Å². The third-order valence-corrected chi connectivity index (χ3v) is 8.73. The third-order valence-electron chi connectivity index (χ3n) is 8.73. The normalized spacial score (nSPS) is 13.8. The molecule has 0 atom stereocenters. The van der Waals surface area contributed by atoms with Crippen molar-refractivity contribution < 1.29 is 0 Å². The Balaban J connectivity index is 1.65. The topological polar surface area (TPSA) is 9.86 Å². The second-order valence-electron chi connectivity index (χ2n) is 10.8. The van der Waals surface area contributed by atoms with Crippen LogP contribution in [0.3, 0.4) is 0 Å². The first-order valence-corrected chi connectivity index (χ1v) is 14.1. The molecular formula is C38H26N2. The maximum Gasteiger partial charge on any atom is 0.0789 e. The van der Waals surface area contributed by atoms with E-state index in [0.29, 0.717) is 0 Å². The fourth-order valence-corrected chi connectivity index (χ4v) is 7.12. The van der Waals surface area contributed by atoms with Crippen molar-refractivity contribution in [3.8, 4) is 5.69 Å². The molecule has 6 aromatic carbocycles.